The number of aromatic carboxylic acids is 1. The number of nitro groups is 1. The highest BCUT2D eigenvalue weighted by Gasteiger charge is 2.21. The minimum absolute atomic E-state index is 0.0278. The molecule has 0 saturated carbocycles. The van der Waals surface area contributed by atoms with E-state index in [2.05, 4.69) is 5.32 Å². The molecule has 20 heavy (non-hydrogen) atoms. The Hall–Kier alpha value is -2.48. The first kappa shape index (κ1) is 13.9. The van der Waals surface area contributed by atoms with Crippen LogP contribution in [0.25, 0.3) is 0 Å². The van der Waals surface area contributed by atoms with Crippen LogP contribution in [-0.4, -0.2) is 16.0 Å². The summed E-state index contributed by atoms with van der Waals surface area (Å²) in [6, 6.07) is 3.37. The highest BCUT2D eigenvalue weighted by Crippen LogP contribution is 2.28. The molecule has 0 saturated heterocycles. The Morgan fingerprint density at radius 2 is 2.25 bits per heavy atom. The number of nitro benzene ring substituents is 1. The number of carboxylic acid groups (broad SMARTS) is 1. The van der Waals surface area contributed by atoms with Gasteiger partial charge in [-0.25, -0.2) is 9.18 Å². The number of nitrogens with zero attached hydrogens (tertiary/aromatic N) is 1. The maximum atomic E-state index is 13.4. The second-order valence-electron chi connectivity index (χ2n) is 3.90. The van der Waals surface area contributed by atoms with Gasteiger partial charge < -0.3 is 10.4 Å². The molecule has 0 bridgehead atoms. The summed E-state index contributed by atoms with van der Waals surface area (Å²) in [5, 5.41) is 26.2. The fourth-order valence-electron chi connectivity index (χ4n) is 1.61. The van der Waals surface area contributed by atoms with Crippen LogP contribution < -0.4 is 5.32 Å². The molecule has 1 heterocycles. The van der Waals surface area contributed by atoms with Gasteiger partial charge >= 0.3 is 5.97 Å². The SMILES string of the molecule is O=C(O)c1cc(NCc2ccsc2)c([N+](=O)[O-])cc1F. The largest absolute Gasteiger partial charge is 0.478 e. The number of hydrogen-bond acceptors (Lipinski definition) is 5. The zero-order valence-electron chi connectivity index (χ0n) is 10.00. The standard InChI is InChI=1S/C12H9FN2O4S/c13-9-4-11(15(18)19)10(3-8(9)12(16)17)14-5-7-1-2-20-6-7/h1-4,6,14H,5H2,(H,16,17). The molecule has 0 aliphatic rings. The predicted molar refractivity (Wildman–Crippen MR) is 71.7 cm³/mol. The van der Waals surface area contributed by atoms with Crippen molar-refractivity contribution in [2.45, 2.75) is 6.54 Å². The Morgan fingerprint density at radius 3 is 2.80 bits per heavy atom. The maximum Gasteiger partial charge on any atom is 0.338 e. The molecule has 2 aromatic rings. The molecule has 1 aromatic heterocycles. The Kier molecular flexibility index (Phi) is 3.94. The molecule has 0 aliphatic carbocycles. The molecule has 1 aromatic carbocycles. The molecule has 0 unspecified atom stereocenters. The number of nitrogens with one attached hydrogen (secondary N) is 1. The van der Waals surface area contributed by atoms with Crippen LogP contribution in [0.3, 0.4) is 0 Å². The first-order valence-electron chi connectivity index (χ1n) is 5.45. The molecular formula is C12H9FN2O4S. The van der Waals surface area contributed by atoms with Gasteiger partial charge in [-0.15, -0.1) is 0 Å². The van der Waals surface area contributed by atoms with Crippen molar-refractivity contribution in [3.05, 3.63) is 56.0 Å². The minimum Gasteiger partial charge on any atom is -0.478 e. The smallest absolute Gasteiger partial charge is 0.338 e. The number of benzene rings is 1. The van der Waals surface area contributed by atoms with Gasteiger partial charge in [0.05, 0.1) is 16.6 Å². The molecule has 2 rings (SSSR count). The van der Waals surface area contributed by atoms with Crippen LogP contribution in [0, 0.1) is 15.9 Å². The first-order valence-corrected chi connectivity index (χ1v) is 6.39. The predicted octanol–water partition coefficient (Wildman–Crippen LogP) is 3.11. The van der Waals surface area contributed by atoms with Crippen LogP contribution in [-0.2, 0) is 6.54 Å². The van der Waals surface area contributed by atoms with E-state index < -0.39 is 28.0 Å². The van der Waals surface area contributed by atoms with E-state index in [1.54, 1.807) is 0 Å². The van der Waals surface area contributed by atoms with E-state index in [-0.39, 0.29) is 12.2 Å². The first-order chi connectivity index (χ1) is 9.49. The highest BCUT2D eigenvalue weighted by atomic mass is 32.1. The van der Waals surface area contributed by atoms with Gasteiger partial charge in [0, 0.05) is 6.54 Å². The molecule has 2 N–H and O–H groups in total. The zero-order valence-corrected chi connectivity index (χ0v) is 10.8. The van der Waals surface area contributed by atoms with Crippen molar-refractivity contribution in [2.24, 2.45) is 0 Å². The van der Waals surface area contributed by atoms with Gasteiger partial charge in [-0.3, -0.25) is 10.1 Å². The molecule has 0 aliphatic heterocycles. The van der Waals surface area contributed by atoms with Gasteiger partial charge in [0.15, 0.2) is 0 Å². The van der Waals surface area contributed by atoms with Gasteiger partial charge in [0.1, 0.15) is 11.5 Å². The lowest BCUT2D eigenvalue weighted by Gasteiger charge is -2.08. The lowest BCUT2D eigenvalue weighted by atomic mass is 10.1. The number of rotatable bonds is 5. The van der Waals surface area contributed by atoms with Crippen LogP contribution in [0.15, 0.2) is 29.0 Å². The Bertz CT molecular complexity index is 658. The molecule has 8 heteroatoms. The Balaban J connectivity index is 2.35. The lowest BCUT2D eigenvalue weighted by Crippen LogP contribution is -2.07. The van der Waals surface area contributed by atoms with Crippen molar-refractivity contribution in [1.82, 2.24) is 0 Å². The Morgan fingerprint density at radius 1 is 1.50 bits per heavy atom. The third kappa shape index (κ3) is 2.91. The summed E-state index contributed by atoms with van der Waals surface area (Å²) in [5.74, 6) is -2.61. The fourth-order valence-corrected chi connectivity index (χ4v) is 2.28. The lowest BCUT2D eigenvalue weighted by molar-refractivity contribution is -0.384. The topological polar surface area (TPSA) is 92.5 Å². The van der Waals surface area contributed by atoms with Crippen molar-refractivity contribution >= 4 is 28.7 Å². The molecule has 0 radical (unpaired) electrons. The van der Waals surface area contributed by atoms with Crippen LogP contribution >= 0.6 is 11.3 Å². The molecule has 6 nitrogen and oxygen atoms in total. The summed E-state index contributed by atoms with van der Waals surface area (Å²) >= 11 is 1.47. The number of anilines is 1. The third-order valence-electron chi connectivity index (χ3n) is 2.58. The molecule has 0 fully saturated rings. The second kappa shape index (κ2) is 5.66. The summed E-state index contributed by atoms with van der Waals surface area (Å²) in [4.78, 5) is 21.0. The van der Waals surface area contributed by atoms with Crippen LogP contribution in [0.5, 0.6) is 0 Å². The van der Waals surface area contributed by atoms with Crippen molar-refractivity contribution < 1.29 is 19.2 Å². The monoisotopic (exact) mass is 296 g/mol. The summed E-state index contributed by atoms with van der Waals surface area (Å²) in [6.45, 7) is 0.287. The summed E-state index contributed by atoms with van der Waals surface area (Å²) < 4.78 is 13.4. The van der Waals surface area contributed by atoms with Gasteiger partial charge in [-0.05, 0) is 28.5 Å². The molecule has 104 valence electrons. The van der Waals surface area contributed by atoms with E-state index in [9.17, 15) is 19.3 Å². The number of halogens is 1. The van der Waals surface area contributed by atoms with E-state index in [0.717, 1.165) is 11.6 Å². The van der Waals surface area contributed by atoms with E-state index in [4.69, 9.17) is 5.11 Å². The fraction of sp³-hybridized carbons (Fsp3) is 0.0833. The number of carboxylic acids is 1. The summed E-state index contributed by atoms with van der Waals surface area (Å²) in [7, 11) is 0. The molecule has 0 atom stereocenters. The normalized spacial score (nSPS) is 10.2. The van der Waals surface area contributed by atoms with Crippen LogP contribution in [0.4, 0.5) is 15.8 Å². The number of carbonyl (C=O) groups is 1. The van der Waals surface area contributed by atoms with Crippen LogP contribution in [0.2, 0.25) is 0 Å². The highest BCUT2D eigenvalue weighted by molar-refractivity contribution is 7.07. The summed E-state index contributed by atoms with van der Waals surface area (Å²) in [5.41, 5.74) is -0.239. The molecule has 0 spiro atoms. The number of thiophene rings is 1. The third-order valence-corrected chi connectivity index (χ3v) is 3.31. The Labute approximate surface area is 116 Å². The van der Waals surface area contributed by atoms with Gasteiger partial charge in [0.2, 0.25) is 0 Å². The molecule has 0 amide bonds. The van der Waals surface area contributed by atoms with Crippen molar-refractivity contribution in [3.8, 4) is 0 Å². The van der Waals surface area contributed by atoms with E-state index in [1.165, 1.54) is 11.3 Å². The van der Waals surface area contributed by atoms with Gasteiger partial charge in [0.25, 0.3) is 5.69 Å². The average molecular weight is 296 g/mol. The van der Waals surface area contributed by atoms with E-state index >= 15 is 0 Å². The second-order valence-corrected chi connectivity index (χ2v) is 4.68. The van der Waals surface area contributed by atoms with Gasteiger partial charge in [-0.1, -0.05) is 0 Å². The van der Waals surface area contributed by atoms with Crippen molar-refractivity contribution in [2.75, 3.05) is 5.32 Å². The van der Waals surface area contributed by atoms with E-state index in [0.29, 0.717) is 6.07 Å². The number of hydrogen-bond donors (Lipinski definition) is 2. The van der Waals surface area contributed by atoms with Crippen LogP contribution in [0.1, 0.15) is 15.9 Å². The quantitative estimate of drug-likeness (QED) is 0.653. The van der Waals surface area contributed by atoms with Crippen molar-refractivity contribution in [3.63, 3.8) is 0 Å². The van der Waals surface area contributed by atoms with E-state index in [1.807, 2.05) is 16.8 Å². The maximum absolute atomic E-state index is 13.4. The zero-order chi connectivity index (χ0) is 14.7. The summed E-state index contributed by atoms with van der Waals surface area (Å²) in [6.07, 6.45) is 0. The molecular weight excluding hydrogens is 287 g/mol. The average Bonchev–Trinajstić information content (AvgIpc) is 2.89. The van der Waals surface area contributed by atoms with Gasteiger partial charge in [-0.2, -0.15) is 11.3 Å². The van der Waals surface area contributed by atoms with Crippen molar-refractivity contribution in [1.29, 1.82) is 0 Å². The minimum atomic E-state index is -1.48.